The summed E-state index contributed by atoms with van der Waals surface area (Å²) in [5.74, 6) is -0.940. The van der Waals surface area contributed by atoms with Crippen molar-refractivity contribution in [3.05, 3.63) is 35.6 Å². The van der Waals surface area contributed by atoms with Crippen LogP contribution < -0.4 is 5.73 Å². The number of amides is 2. The molecule has 0 heterocycles. The smallest absolute Gasteiger partial charge is 0.236 e. The molecule has 1 aromatic carbocycles. The Kier molecular flexibility index (Phi) is 6.30. The molecule has 0 saturated carbocycles. The summed E-state index contributed by atoms with van der Waals surface area (Å²) in [5.41, 5.74) is 5.90. The van der Waals surface area contributed by atoms with Crippen LogP contribution in [0.15, 0.2) is 24.3 Å². The molecule has 0 radical (unpaired) electrons. The fourth-order valence-corrected chi connectivity index (χ4v) is 1.91. The molecule has 0 fully saturated rings. The molecular formula is C15H22FN3O2. The molecule has 0 spiro atoms. The van der Waals surface area contributed by atoms with Crippen molar-refractivity contribution in [3.63, 3.8) is 0 Å². The topological polar surface area (TPSA) is 66.6 Å². The van der Waals surface area contributed by atoms with E-state index in [1.807, 2.05) is 13.8 Å². The van der Waals surface area contributed by atoms with Crippen LogP contribution in [-0.2, 0) is 16.1 Å². The lowest BCUT2D eigenvalue weighted by atomic mass is 10.2. The molecular weight excluding hydrogens is 273 g/mol. The first-order chi connectivity index (χ1) is 9.79. The maximum absolute atomic E-state index is 13.1. The fraction of sp³-hybridized carbons (Fsp3) is 0.467. The summed E-state index contributed by atoms with van der Waals surface area (Å²) in [6.07, 6.45) is 0. The number of nitrogens with two attached hydrogens (primary N) is 1. The fourth-order valence-electron chi connectivity index (χ4n) is 1.91. The molecule has 0 aromatic heterocycles. The minimum Gasteiger partial charge on any atom is -0.369 e. The number of primary amides is 1. The number of benzene rings is 1. The Morgan fingerprint density at radius 2 is 1.95 bits per heavy atom. The van der Waals surface area contributed by atoms with Crippen molar-refractivity contribution in [3.8, 4) is 0 Å². The van der Waals surface area contributed by atoms with Gasteiger partial charge in [-0.25, -0.2) is 4.39 Å². The first-order valence-electron chi connectivity index (χ1n) is 6.80. The van der Waals surface area contributed by atoms with E-state index in [1.54, 1.807) is 24.1 Å². The molecule has 1 aromatic rings. The van der Waals surface area contributed by atoms with Crippen LogP contribution in [0.3, 0.4) is 0 Å². The second-order valence-corrected chi connectivity index (χ2v) is 5.34. The zero-order chi connectivity index (χ0) is 16.0. The van der Waals surface area contributed by atoms with Crippen molar-refractivity contribution in [1.82, 2.24) is 9.80 Å². The number of rotatable bonds is 7. The Labute approximate surface area is 124 Å². The third-order valence-electron chi connectivity index (χ3n) is 3.16. The molecule has 6 heteroatoms. The summed E-state index contributed by atoms with van der Waals surface area (Å²) in [6, 6.07) is 6.16. The molecule has 1 rings (SSSR count). The Balaban J connectivity index is 2.62. The van der Waals surface area contributed by atoms with Gasteiger partial charge < -0.3 is 10.6 Å². The number of nitrogens with zero attached hydrogens (tertiary/aromatic N) is 2. The van der Waals surface area contributed by atoms with E-state index < -0.39 is 5.91 Å². The van der Waals surface area contributed by atoms with E-state index in [0.717, 1.165) is 5.56 Å². The van der Waals surface area contributed by atoms with Gasteiger partial charge in [0, 0.05) is 19.6 Å². The number of likely N-dealkylation sites (N-methyl/N-ethyl adjacent to an activating group) is 1. The van der Waals surface area contributed by atoms with Crippen LogP contribution in [0.4, 0.5) is 4.39 Å². The van der Waals surface area contributed by atoms with Gasteiger partial charge in [0.15, 0.2) is 0 Å². The summed E-state index contributed by atoms with van der Waals surface area (Å²) in [7, 11) is 1.65. The number of hydrogen-bond acceptors (Lipinski definition) is 3. The molecule has 0 aliphatic rings. The first kappa shape index (κ1) is 17.1. The predicted molar refractivity (Wildman–Crippen MR) is 78.8 cm³/mol. The molecule has 0 aliphatic heterocycles. The molecule has 2 amide bonds. The second kappa shape index (κ2) is 7.73. The number of carbonyl (C=O) groups is 2. The predicted octanol–water partition coefficient (Wildman–Crippen LogP) is 0.980. The van der Waals surface area contributed by atoms with E-state index in [2.05, 4.69) is 0 Å². The van der Waals surface area contributed by atoms with E-state index in [1.165, 1.54) is 17.0 Å². The van der Waals surface area contributed by atoms with Gasteiger partial charge in [0.05, 0.1) is 13.1 Å². The first-order valence-corrected chi connectivity index (χ1v) is 6.80. The molecule has 21 heavy (non-hydrogen) atoms. The molecule has 0 aliphatic carbocycles. The van der Waals surface area contributed by atoms with Gasteiger partial charge in [-0.1, -0.05) is 12.1 Å². The van der Waals surface area contributed by atoms with E-state index in [9.17, 15) is 14.0 Å². The van der Waals surface area contributed by atoms with Crippen LogP contribution in [0.2, 0.25) is 0 Å². The highest BCUT2D eigenvalue weighted by Crippen LogP contribution is 2.07. The van der Waals surface area contributed by atoms with Gasteiger partial charge in [-0.3, -0.25) is 14.5 Å². The van der Waals surface area contributed by atoms with Gasteiger partial charge in [-0.15, -0.1) is 0 Å². The van der Waals surface area contributed by atoms with Crippen LogP contribution in [0, 0.1) is 5.82 Å². The second-order valence-electron chi connectivity index (χ2n) is 5.34. The van der Waals surface area contributed by atoms with Crippen LogP contribution in [0.25, 0.3) is 0 Å². The summed E-state index contributed by atoms with van der Waals surface area (Å²) >= 11 is 0. The highest BCUT2D eigenvalue weighted by Gasteiger charge is 2.18. The van der Waals surface area contributed by atoms with Crippen molar-refractivity contribution in [2.24, 2.45) is 5.73 Å². The summed E-state index contributed by atoms with van der Waals surface area (Å²) < 4.78 is 13.1. The van der Waals surface area contributed by atoms with E-state index in [4.69, 9.17) is 5.73 Å². The standard InChI is InChI=1S/C15H22FN3O2/c1-11(2)19(9-14(17)20)10-15(21)18(3)8-12-5-4-6-13(16)7-12/h4-7,11H,8-10H2,1-3H3,(H2,17,20). The molecule has 0 saturated heterocycles. The highest BCUT2D eigenvalue weighted by atomic mass is 19.1. The summed E-state index contributed by atoms with van der Waals surface area (Å²) in [6.45, 7) is 4.24. The van der Waals surface area contributed by atoms with Gasteiger partial charge in [0.25, 0.3) is 0 Å². The average molecular weight is 295 g/mol. The van der Waals surface area contributed by atoms with Gasteiger partial charge in [-0.2, -0.15) is 0 Å². The number of carbonyl (C=O) groups excluding carboxylic acids is 2. The molecule has 116 valence electrons. The largest absolute Gasteiger partial charge is 0.369 e. The summed E-state index contributed by atoms with van der Waals surface area (Å²) in [4.78, 5) is 26.4. The van der Waals surface area contributed by atoms with Gasteiger partial charge in [-0.05, 0) is 31.5 Å². The lowest BCUT2D eigenvalue weighted by Crippen LogP contribution is -2.45. The molecule has 0 bridgehead atoms. The molecule has 0 atom stereocenters. The number of halogens is 1. The Hall–Kier alpha value is -1.95. The highest BCUT2D eigenvalue weighted by molar-refractivity contribution is 5.80. The minimum absolute atomic E-state index is 0.0315. The molecule has 0 unspecified atom stereocenters. The van der Waals surface area contributed by atoms with E-state index in [-0.39, 0.29) is 30.9 Å². The van der Waals surface area contributed by atoms with Crippen molar-refractivity contribution >= 4 is 11.8 Å². The van der Waals surface area contributed by atoms with Crippen molar-refractivity contribution in [2.45, 2.75) is 26.4 Å². The zero-order valence-electron chi connectivity index (χ0n) is 12.7. The maximum atomic E-state index is 13.1. The van der Waals surface area contributed by atoms with Crippen molar-refractivity contribution in [1.29, 1.82) is 0 Å². The van der Waals surface area contributed by atoms with Crippen molar-refractivity contribution < 1.29 is 14.0 Å². The Morgan fingerprint density at radius 1 is 1.29 bits per heavy atom. The van der Waals surface area contributed by atoms with Gasteiger partial charge in [0.1, 0.15) is 5.82 Å². The summed E-state index contributed by atoms with van der Waals surface area (Å²) in [5, 5.41) is 0. The van der Waals surface area contributed by atoms with Gasteiger partial charge >= 0.3 is 0 Å². The van der Waals surface area contributed by atoms with E-state index >= 15 is 0 Å². The molecule has 2 N–H and O–H groups in total. The maximum Gasteiger partial charge on any atom is 0.236 e. The average Bonchev–Trinajstić information content (AvgIpc) is 2.37. The quantitative estimate of drug-likeness (QED) is 0.815. The van der Waals surface area contributed by atoms with Crippen LogP contribution in [0.5, 0.6) is 0 Å². The third kappa shape index (κ3) is 5.91. The lowest BCUT2D eigenvalue weighted by Gasteiger charge is -2.27. The monoisotopic (exact) mass is 295 g/mol. The third-order valence-corrected chi connectivity index (χ3v) is 3.16. The van der Waals surface area contributed by atoms with Crippen LogP contribution >= 0.6 is 0 Å². The minimum atomic E-state index is -0.468. The van der Waals surface area contributed by atoms with E-state index in [0.29, 0.717) is 6.54 Å². The van der Waals surface area contributed by atoms with Crippen molar-refractivity contribution in [2.75, 3.05) is 20.1 Å². The SMILES string of the molecule is CC(C)N(CC(N)=O)CC(=O)N(C)Cc1cccc(F)c1. The van der Waals surface area contributed by atoms with Crippen LogP contribution in [-0.4, -0.2) is 47.8 Å². The van der Waals surface area contributed by atoms with Crippen LogP contribution in [0.1, 0.15) is 19.4 Å². The zero-order valence-corrected chi connectivity index (χ0v) is 12.7. The normalized spacial score (nSPS) is 11.0. The Bertz CT molecular complexity index is 505. The Morgan fingerprint density at radius 3 is 2.48 bits per heavy atom. The number of hydrogen-bond donors (Lipinski definition) is 1. The van der Waals surface area contributed by atoms with Gasteiger partial charge in [0.2, 0.25) is 11.8 Å². The lowest BCUT2D eigenvalue weighted by molar-refractivity contribution is -0.132. The molecule has 5 nitrogen and oxygen atoms in total.